The predicted molar refractivity (Wildman–Crippen MR) is 97.8 cm³/mol. The van der Waals surface area contributed by atoms with Crippen LogP contribution < -0.4 is 10.1 Å². The van der Waals surface area contributed by atoms with Gasteiger partial charge in [-0.05, 0) is 44.4 Å². The van der Waals surface area contributed by atoms with Crippen LogP contribution in [0.4, 0.5) is 4.79 Å². The van der Waals surface area contributed by atoms with Crippen molar-refractivity contribution in [3.63, 3.8) is 0 Å². The van der Waals surface area contributed by atoms with E-state index in [4.69, 9.17) is 4.74 Å². The van der Waals surface area contributed by atoms with E-state index in [2.05, 4.69) is 5.32 Å². The van der Waals surface area contributed by atoms with E-state index in [1.54, 1.807) is 7.11 Å². The molecule has 0 aliphatic carbocycles. The molecule has 138 valence electrons. The lowest BCUT2D eigenvalue weighted by Crippen LogP contribution is -2.50. The van der Waals surface area contributed by atoms with Crippen LogP contribution in [0.2, 0.25) is 0 Å². The first-order valence-electron chi connectivity index (χ1n) is 9.03. The summed E-state index contributed by atoms with van der Waals surface area (Å²) in [5.41, 5.74) is 0.965. The molecule has 1 aliphatic rings. The monoisotopic (exact) mass is 347 g/mol. The average molecular weight is 347 g/mol. The van der Waals surface area contributed by atoms with E-state index in [0.29, 0.717) is 19.5 Å². The first kappa shape index (κ1) is 19.1. The van der Waals surface area contributed by atoms with Crippen molar-refractivity contribution in [1.82, 2.24) is 15.1 Å². The van der Waals surface area contributed by atoms with Crippen LogP contribution in [-0.2, 0) is 11.2 Å². The van der Waals surface area contributed by atoms with Crippen LogP contribution in [0.15, 0.2) is 24.3 Å². The SMILES string of the molecule is CCN(CC)C(=O)N1CCC(NC(=O)Cc2ccc(OC)cc2)CC1. The van der Waals surface area contributed by atoms with Gasteiger partial charge in [0.1, 0.15) is 5.75 Å². The summed E-state index contributed by atoms with van der Waals surface area (Å²) in [6.45, 7) is 6.84. The molecule has 1 aliphatic heterocycles. The molecule has 6 nitrogen and oxygen atoms in total. The molecule has 2 rings (SSSR count). The lowest BCUT2D eigenvalue weighted by Gasteiger charge is -2.35. The third-order valence-corrected chi connectivity index (χ3v) is 4.69. The maximum atomic E-state index is 12.3. The second-order valence-electron chi connectivity index (χ2n) is 6.31. The van der Waals surface area contributed by atoms with E-state index in [9.17, 15) is 9.59 Å². The number of hydrogen-bond acceptors (Lipinski definition) is 3. The number of nitrogens with one attached hydrogen (secondary N) is 1. The minimum absolute atomic E-state index is 0.0266. The van der Waals surface area contributed by atoms with Gasteiger partial charge < -0.3 is 19.9 Å². The Balaban J connectivity index is 1.77. The Hall–Kier alpha value is -2.24. The Morgan fingerprint density at radius 3 is 2.28 bits per heavy atom. The molecule has 0 spiro atoms. The van der Waals surface area contributed by atoms with Crippen molar-refractivity contribution in [3.8, 4) is 5.75 Å². The van der Waals surface area contributed by atoms with Gasteiger partial charge in [-0.1, -0.05) is 12.1 Å². The maximum Gasteiger partial charge on any atom is 0.319 e. The number of ether oxygens (including phenoxy) is 1. The molecular formula is C19H29N3O3. The zero-order valence-electron chi connectivity index (χ0n) is 15.5. The first-order valence-corrected chi connectivity index (χ1v) is 9.03. The molecule has 1 heterocycles. The Labute approximate surface area is 150 Å². The molecule has 0 unspecified atom stereocenters. The minimum Gasteiger partial charge on any atom is -0.497 e. The largest absolute Gasteiger partial charge is 0.497 e. The molecule has 0 saturated carbocycles. The molecule has 1 fully saturated rings. The number of likely N-dealkylation sites (tertiary alicyclic amines) is 1. The molecule has 0 atom stereocenters. The fraction of sp³-hybridized carbons (Fsp3) is 0.579. The van der Waals surface area contributed by atoms with Gasteiger partial charge in [0, 0.05) is 32.2 Å². The zero-order valence-corrected chi connectivity index (χ0v) is 15.5. The Bertz CT molecular complexity index is 562. The number of amides is 3. The summed E-state index contributed by atoms with van der Waals surface area (Å²) < 4.78 is 5.12. The predicted octanol–water partition coefficient (Wildman–Crippen LogP) is 2.28. The summed E-state index contributed by atoms with van der Waals surface area (Å²) in [7, 11) is 1.62. The molecule has 1 N–H and O–H groups in total. The molecule has 3 amide bonds. The van der Waals surface area contributed by atoms with E-state index in [1.165, 1.54) is 0 Å². The highest BCUT2D eigenvalue weighted by Crippen LogP contribution is 2.14. The van der Waals surface area contributed by atoms with E-state index < -0.39 is 0 Å². The van der Waals surface area contributed by atoms with Crippen molar-refractivity contribution in [1.29, 1.82) is 0 Å². The van der Waals surface area contributed by atoms with Crippen molar-refractivity contribution >= 4 is 11.9 Å². The highest BCUT2D eigenvalue weighted by molar-refractivity contribution is 5.79. The molecule has 1 saturated heterocycles. The number of nitrogens with zero attached hydrogens (tertiary/aromatic N) is 2. The van der Waals surface area contributed by atoms with Gasteiger partial charge in [-0.25, -0.2) is 4.79 Å². The minimum atomic E-state index is 0.0266. The van der Waals surface area contributed by atoms with Gasteiger partial charge in [-0.2, -0.15) is 0 Å². The van der Waals surface area contributed by atoms with Crippen LogP contribution in [0.1, 0.15) is 32.3 Å². The standard InChI is InChI=1S/C19H29N3O3/c1-4-21(5-2)19(24)22-12-10-16(11-13-22)20-18(23)14-15-6-8-17(25-3)9-7-15/h6-9,16H,4-5,10-14H2,1-3H3,(H,20,23). The van der Waals surface area contributed by atoms with Crippen molar-refractivity contribution < 1.29 is 14.3 Å². The Kier molecular flexibility index (Phi) is 7.10. The smallest absolute Gasteiger partial charge is 0.319 e. The molecule has 6 heteroatoms. The molecule has 25 heavy (non-hydrogen) atoms. The summed E-state index contributed by atoms with van der Waals surface area (Å²) in [6.07, 6.45) is 1.98. The molecule has 1 aromatic carbocycles. The first-order chi connectivity index (χ1) is 12.1. The van der Waals surface area contributed by atoms with Crippen LogP contribution in [0.5, 0.6) is 5.75 Å². The highest BCUT2D eigenvalue weighted by Gasteiger charge is 2.25. The van der Waals surface area contributed by atoms with Crippen molar-refractivity contribution in [3.05, 3.63) is 29.8 Å². The van der Waals surface area contributed by atoms with Crippen LogP contribution in [-0.4, -0.2) is 61.1 Å². The van der Waals surface area contributed by atoms with E-state index >= 15 is 0 Å². The number of benzene rings is 1. The molecular weight excluding hydrogens is 318 g/mol. The van der Waals surface area contributed by atoms with Gasteiger partial charge >= 0.3 is 6.03 Å². The van der Waals surface area contributed by atoms with E-state index in [-0.39, 0.29) is 18.0 Å². The summed E-state index contributed by atoms with van der Waals surface area (Å²) in [5.74, 6) is 0.813. The lowest BCUT2D eigenvalue weighted by atomic mass is 10.0. The fourth-order valence-corrected chi connectivity index (χ4v) is 3.12. The molecule has 0 bridgehead atoms. The van der Waals surface area contributed by atoms with Crippen LogP contribution in [0, 0.1) is 0 Å². The van der Waals surface area contributed by atoms with Gasteiger partial charge in [0.2, 0.25) is 5.91 Å². The number of hydrogen-bond donors (Lipinski definition) is 1. The number of piperidine rings is 1. The summed E-state index contributed by atoms with van der Waals surface area (Å²) in [4.78, 5) is 28.3. The number of urea groups is 1. The zero-order chi connectivity index (χ0) is 18.2. The van der Waals surface area contributed by atoms with E-state index in [0.717, 1.165) is 37.2 Å². The third-order valence-electron chi connectivity index (χ3n) is 4.69. The Morgan fingerprint density at radius 1 is 1.16 bits per heavy atom. The maximum absolute atomic E-state index is 12.3. The van der Waals surface area contributed by atoms with E-state index in [1.807, 2.05) is 47.9 Å². The van der Waals surface area contributed by atoms with Crippen molar-refractivity contribution in [2.45, 2.75) is 39.2 Å². The highest BCUT2D eigenvalue weighted by atomic mass is 16.5. The van der Waals surface area contributed by atoms with Gasteiger partial charge in [-0.15, -0.1) is 0 Å². The average Bonchev–Trinajstić information content (AvgIpc) is 2.64. The van der Waals surface area contributed by atoms with Crippen LogP contribution >= 0.6 is 0 Å². The van der Waals surface area contributed by atoms with Crippen molar-refractivity contribution in [2.24, 2.45) is 0 Å². The fourth-order valence-electron chi connectivity index (χ4n) is 3.12. The molecule has 1 aromatic rings. The van der Waals surface area contributed by atoms with Gasteiger partial charge in [0.15, 0.2) is 0 Å². The number of carbonyl (C=O) groups excluding carboxylic acids is 2. The topological polar surface area (TPSA) is 61.9 Å². The summed E-state index contributed by atoms with van der Waals surface area (Å²) in [5, 5.41) is 3.09. The van der Waals surface area contributed by atoms with Crippen molar-refractivity contribution in [2.75, 3.05) is 33.3 Å². The number of methoxy groups -OCH3 is 1. The summed E-state index contributed by atoms with van der Waals surface area (Å²) in [6, 6.07) is 7.78. The second kappa shape index (κ2) is 9.30. The summed E-state index contributed by atoms with van der Waals surface area (Å²) >= 11 is 0. The number of carbonyl (C=O) groups is 2. The van der Waals surface area contributed by atoms with Crippen LogP contribution in [0.3, 0.4) is 0 Å². The normalized spacial score (nSPS) is 14.9. The van der Waals surface area contributed by atoms with Gasteiger partial charge in [0.05, 0.1) is 13.5 Å². The Morgan fingerprint density at radius 2 is 1.76 bits per heavy atom. The van der Waals surface area contributed by atoms with Gasteiger partial charge in [0.25, 0.3) is 0 Å². The molecule has 0 aromatic heterocycles. The quantitative estimate of drug-likeness (QED) is 0.859. The second-order valence-corrected chi connectivity index (χ2v) is 6.31. The molecule has 0 radical (unpaired) electrons. The number of rotatable bonds is 6. The van der Waals surface area contributed by atoms with Gasteiger partial charge in [-0.3, -0.25) is 4.79 Å². The van der Waals surface area contributed by atoms with Crippen LogP contribution in [0.25, 0.3) is 0 Å². The third kappa shape index (κ3) is 5.37. The lowest BCUT2D eigenvalue weighted by molar-refractivity contribution is -0.121.